The molecule has 1 heterocycles. The molecule has 5 aliphatic rings. The van der Waals surface area contributed by atoms with Crippen molar-refractivity contribution in [1.82, 2.24) is 21.3 Å². The van der Waals surface area contributed by atoms with Gasteiger partial charge in [0.15, 0.2) is 5.96 Å². The number of hydrogen-bond acceptors (Lipinski definition) is 5. The lowest BCUT2D eigenvalue weighted by atomic mass is 9.43. The first-order chi connectivity index (χ1) is 18.5. The number of hydrogen-bond donors (Lipinski definition) is 5. The Hall–Kier alpha value is -1.81. The second-order valence-electron chi connectivity index (χ2n) is 13.7. The summed E-state index contributed by atoms with van der Waals surface area (Å²) in [6.45, 7) is 11.7. The fourth-order valence-corrected chi connectivity index (χ4v) is 7.63. The highest BCUT2D eigenvalue weighted by atomic mass is 16.7. The van der Waals surface area contributed by atoms with Crippen molar-refractivity contribution in [3.05, 3.63) is 0 Å². The van der Waals surface area contributed by atoms with Crippen LogP contribution in [-0.2, 0) is 18.9 Å². The van der Waals surface area contributed by atoms with Crippen molar-refractivity contribution in [1.29, 1.82) is 5.41 Å². The summed E-state index contributed by atoms with van der Waals surface area (Å²) in [5.41, 5.74) is -0.0760. The number of carbonyl (C=O) groups excluding carboxylic acids is 2. The standard InChI is InChI=1S/C29H52BN5O4/c1-18(2)15-24(30-38-23-17-20-16-22(28(20,3)4)29(23,5)39-30)35-26(37)21(13-10-14-33-27(31)32-6)34-25(36)19-11-8-7-9-12-19/h18-24H,7-17H2,1-6H3,(H,34,36)(H,35,37)(H3,31,32,33)/t20-,21-,22-,23+,24-,29-/m0/s1. The van der Waals surface area contributed by atoms with E-state index in [0.717, 1.165) is 38.5 Å². The van der Waals surface area contributed by atoms with Gasteiger partial charge in [0, 0.05) is 19.5 Å². The van der Waals surface area contributed by atoms with Crippen LogP contribution in [0.15, 0.2) is 0 Å². The van der Waals surface area contributed by atoms with Gasteiger partial charge in [0.2, 0.25) is 11.8 Å². The molecular formula is C29H52BN5O4. The van der Waals surface area contributed by atoms with Gasteiger partial charge in [0.1, 0.15) is 6.04 Å². The van der Waals surface area contributed by atoms with Gasteiger partial charge in [-0.05, 0) is 75.0 Å². The molecule has 9 nitrogen and oxygen atoms in total. The van der Waals surface area contributed by atoms with Gasteiger partial charge in [-0.2, -0.15) is 0 Å². The molecule has 5 rings (SSSR count). The van der Waals surface area contributed by atoms with E-state index >= 15 is 0 Å². The quantitative estimate of drug-likeness (QED) is 0.117. The summed E-state index contributed by atoms with van der Waals surface area (Å²) < 4.78 is 13.3. The molecule has 220 valence electrons. The first-order valence-corrected chi connectivity index (χ1v) is 15.4. The normalized spacial score (nSPS) is 31.1. The maximum atomic E-state index is 13.8. The second kappa shape index (κ2) is 12.4. The highest BCUT2D eigenvalue weighted by molar-refractivity contribution is 6.48. The Kier molecular flexibility index (Phi) is 9.57. The molecule has 4 saturated carbocycles. The lowest BCUT2D eigenvalue weighted by Gasteiger charge is -2.64. The third kappa shape index (κ3) is 6.58. The molecule has 0 unspecified atom stereocenters. The Bertz CT molecular complexity index is 895. The van der Waals surface area contributed by atoms with Crippen molar-refractivity contribution in [2.45, 2.75) is 123 Å². The van der Waals surface area contributed by atoms with Crippen LogP contribution in [0.1, 0.15) is 98.8 Å². The molecule has 39 heavy (non-hydrogen) atoms. The van der Waals surface area contributed by atoms with Crippen molar-refractivity contribution in [2.24, 2.45) is 29.1 Å². The lowest BCUT2D eigenvalue weighted by Crippen LogP contribution is -2.65. The minimum absolute atomic E-state index is 0.0138. The number of carbonyl (C=O) groups is 2. The van der Waals surface area contributed by atoms with Gasteiger partial charge in [-0.15, -0.1) is 0 Å². The molecule has 0 aromatic rings. The number of rotatable bonds is 11. The van der Waals surface area contributed by atoms with Crippen molar-refractivity contribution < 1.29 is 18.9 Å². The molecule has 6 atom stereocenters. The third-order valence-electron chi connectivity index (χ3n) is 10.2. The first-order valence-electron chi connectivity index (χ1n) is 15.4. The van der Waals surface area contributed by atoms with E-state index in [9.17, 15) is 9.59 Å². The SMILES string of the molecule is CNC(=N)NCCC[C@H](NC(=O)C1CCCCC1)C(=O)N[C@@H](CC(C)C)B1O[C@@H]2C[C@@H]3C[C@@H](C3(C)C)[C@]2(C)O1. The Morgan fingerprint density at radius 3 is 2.44 bits per heavy atom. The molecule has 5 fully saturated rings. The van der Waals surface area contributed by atoms with E-state index in [4.69, 9.17) is 14.7 Å². The Morgan fingerprint density at radius 2 is 1.79 bits per heavy atom. The van der Waals surface area contributed by atoms with Crippen LogP contribution in [0.2, 0.25) is 0 Å². The molecule has 0 aromatic carbocycles. The van der Waals surface area contributed by atoms with Crippen LogP contribution in [0.25, 0.3) is 0 Å². The van der Waals surface area contributed by atoms with Crippen molar-refractivity contribution >= 4 is 24.9 Å². The molecule has 10 heteroatoms. The van der Waals surface area contributed by atoms with E-state index in [1.807, 2.05) is 0 Å². The molecule has 1 aliphatic heterocycles. The van der Waals surface area contributed by atoms with Crippen molar-refractivity contribution in [3.63, 3.8) is 0 Å². The average molecular weight is 546 g/mol. The number of amides is 2. The summed E-state index contributed by atoms with van der Waals surface area (Å²) >= 11 is 0. The molecule has 5 N–H and O–H groups in total. The van der Waals surface area contributed by atoms with Gasteiger partial charge < -0.3 is 30.6 Å². The largest absolute Gasteiger partial charge is 0.481 e. The summed E-state index contributed by atoms with van der Waals surface area (Å²) in [5, 5.41) is 19.8. The molecule has 2 amide bonds. The van der Waals surface area contributed by atoms with Gasteiger partial charge in [0.25, 0.3) is 0 Å². The predicted molar refractivity (Wildman–Crippen MR) is 154 cm³/mol. The summed E-state index contributed by atoms with van der Waals surface area (Å²) in [7, 11) is 1.20. The van der Waals surface area contributed by atoms with Crippen LogP contribution in [0.5, 0.6) is 0 Å². The van der Waals surface area contributed by atoms with Gasteiger partial charge in [-0.25, -0.2) is 0 Å². The topological polar surface area (TPSA) is 125 Å². The highest BCUT2D eigenvalue weighted by Gasteiger charge is 2.68. The van der Waals surface area contributed by atoms with Gasteiger partial charge in [-0.3, -0.25) is 15.0 Å². The Morgan fingerprint density at radius 1 is 1.08 bits per heavy atom. The molecule has 2 bridgehead atoms. The zero-order valence-corrected chi connectivity index (χ0v) is 25.0. The van der Waals surface area contributed by atoms with Crippen molar-refractivity contribution in [2.75, 3.05) is 13.6 Å². The zero-order chi connectivity index (χ0) is 28.4. The van der Waals surface area contributed by atoms with E-state index in [2.05, 4.69) is 55.9 Å². The number of guanidine groups is 1. The molecule has 0 spiro atoms. The van der Waals surface area contributed by atoms with E-state index in [1.165, 1.54) is 12.8 Å². The van der Waals surface area contributed by atoms with E-state index in [1.54, 1.807) is 7.05 Å². The van der Waals surface area contributed by atoms with Crippen LogP contribution in [0.4, 0.5) is 0 Å². The summed E-state index contributed by atoms with van der Waals surface area (Å²) in [4.78, 5) is 26.9. The first kappa shape index (κ1) is 30.2. The summed E-state index contributed by atoms with van der Waals surface area (Å²) in [6, 6.07) is -0.634. The van der Waals surface area contributed by atoms with Crippen LogP contribution in [-0.4, -0.2) is 62.2 Å². The van der Waals surface area contributed by atoms with Crippen molar-refractivity contribution in [3.8, 4) is 0 Å². The van der Waals surface area contributed by atoms with Crippen LogP contribution in [0, 0.1) is 34.5 Å². The zero-order valence-electron chi connectivity index (χ0n) is 25.0. The maximum absolute atomic E-state index is 13.8. The molecule has 0 radical (unpaired) electrons. The monoisotopic (exact) mass is 545 g/mol. The maximum Gasteiger partial charge on any atom is 0.481 e. The average Bonchev–Trinajstić information content (AvgIpc) is 3.27. The second-order valence-corrected chi connectivity index (χ2v) is 13.7. The van der Waals surface area contributed by atoms with Crippen LogP contribution >= 0.6 is 0 Å². The molecule has 1 saturated heterocycles. The van der Waals surface area contributed by atoms with E-state index in [0.29, 0.717) is 37.1 Å². The lowest BCUT2D eigenvalue weighted by molar-refractivity contribution is -0.199. The van der Waals surface area contributed by atoms with Gasteiger partial charge >= 0.3 is 7.12 Å². The van der Waals surface area contributed by atoms with E-state index in [-0.39, 0.29) is 46.8 Å². The smallest absolute Gasteiger partial charge is 0.404 e. The predicted octanol–water partition coefficient (Wildman–Crippen LogP) is 3.37. The van der Waals surface area contributed by atoms with Crippen LogP contribution in [0.3, 0.4) is 0 Å². The summed E-state index contributed by atoms with van der Waals surface area (Å²) in [5.74, 6) is 1.21. The van der Waals surface area contributed by atoms with Crippen LogP contribution < -0.4 is 21.3 Å². The fourth-order valence-electron chi connectivity index (χ4n) is 7.63. The molecular weight excluding hydrogens is 493 g/mol. The van der Waals surface area contributed by atoms with Gasteiger partial charge in [-0.1, -0.05) is 47.0 Å². The minimum atomic E-state index is -0.634. The number of nitrogens with one attached hydrogen (secondary N) is 5. The minimum Gasteiger partial charge on any atom is -0.404 e. The van der Waals surface area contributed by atoms with E-state index < -0.39 is 13.2 Å². The Balaban J connectivity index is 1.43. The third-order valence-corrected chi connectivity index (χ3v) is 10.2. The summed E-state index contributed by atoms with van der Waals surface area (Å²) in [6.07, 6.45) is 9.21. The Labute approximate surface area is 235 Å². The molecule has 4 aliphatic carbocycles. The highest BCUT2D eigenvalue weighted by Crippen LogP contribution is 2.65. The molecule has 0 aromatic heterocycles. The van der Waals surface area contributed by atoms with Gasteiger partial charge in [0.05, 0.1) is 17.6 Å². The fraction of sp³-hybridized carbons (Fsp3) is 0.897.